The van der Waals surface area contributed by atoms with Crippen LogP contribution in [0.1, 0.15) is 18.4 Å². The number of amides is 1. The molecule has 1 saturated heterocycles. The van der Waals surface area contributed by atoms with Gasteiger partial charge in [-0.25, -0.2) is 14.8 Å². The van der Waals surface area contributed by atoms with E-state index in [4.69, 9.17) is 14.3 Å². The summed E-state index contributed by atoms with van der Waals surface area (Å²) >= 11 is 0. The quantitative estimate of drug-likeness (QED) is 0.555. The third-order valence-corrected chi connectivity index (χ3v) is 5.22. The van der Waals surface area contributed by atoms with Crippen molar-refractivity contribution in [3.8, 4) is 11.6 Å². The Bertz CT molecular complexity index is 924. The molecule has 2 aromatic heterocycles. The number of carbonyl (C=O) groups excluding carboxylic acids is 1. The molecule has 1 aromatic carbocycles. The maximum absolute atomic E-state index is 12.5. The van der Waals surface area contributed by atoms with Crippen LogP contribution in [0.2, 0.25) is 0 Å². The molecule has 0 bridgehead atoms. The van der Waals surface area contributed by atoms with E-state index in [2.05, 4.69) is 9.97 Å². The first-order valence-corrected chi connectivity index (χ1v) is 10.5. The predicted octanol–water partition coefficient (Wildman–Crippen LogP) is 3.24. The van der Waals surface area contributed by atoms with E-state index in [1.165, 1.54) is 0 Å². The smallest absolute Gasteiger partial charge is 0.415 e. The highest BCUT2D eigenvalue weighted by atomic mass is 16.7. The summed E-state index contributed by atoms with van der Waals surface area (Å²) in [5.41, 5.74) is 1.11. The largest absolute Gasteiger partial charge is 0.477 e. The van der Waals surface area contributed by atoms with Crippen molar-refractivity contribution in [2.24, 2.45) is 5.92 Å². The van der Waals surface area contributed by atoms with E-state index in [1.807, 2.05) is 42.5 Å². The van der Waals surface area contributed by atoms with Gasteiger partial charge in [0.15, 0.2) is 0 Å². The van der Waals surface area contributed by atoms with E-state index in [1.54, 1.807) is 34.5 Å². The Morgan fingerprint density at radius 3 is 2.61 bits per heavy atom. The highest BCUT2D eigenvalue weighted by Crippen LogP contribution is 2.19. The molecular formula is C23H26N4O4. The van der Waals surface area contributed by atoms with Crippen molar-refractivity contribution in [3.05, 3.63) is 72.9 Å². The summed E-state index contributed by atoms with van der Waals surface area (Å²) in [5, 5.41) is 0. The second-order valence-electron chi connectivity index (χ2n) is 7.43. The molecule has 8 heteroatoms. The van der Waals surface area contributed by atoms with Gasteiger partial charge in [-0.3, -0.25) is 0 Å². The number of nitrogens with zero attached hydrogens (tertiary/aromatic N) is 4. The molecule has 1 amide bonds. The van der Waals surface area contributed by atoms with Crippen LogP contribution in [-0.2, 0) is 6.42 Å². The van der Waals surface area contributed by atoms with Gasteiger partial charge in [-0.1, -0.05) is 18.2 Å². The average molecular weight is 422 g/mol. The summed E-state index contributed by atoms with van der Waals surface area (Å²) in [6.45, 7) is 2.49. The third-order valence-electron chi connectivity index (χ3n) is 5.22. The first kappa shape index (κ1) is 20.7. The van der Waals surface area contributed by atoms with Gasteiger partial charge in [0.2, 0.25) is 5.88 Å². The number of piperidine rings is 1. The Balaban J connectivity index is 1.16. The van der Waals surface area contributed by atoms with Crippen molar-refractivity contribution in [2.45, 2.75) is 19.3 Å². The van der Waals surface area contributed by atoms with Crippen LogP contribution < -0.4 is 14.3 Å². The Labute approximate surface area is 181 Å². The Morgan fingerprint density at radius 2 is 1.90 bits per heavy atom. The Kier molecular flexibility index (Phi) is 7.00. The van der Waals surface area contributed by atoms with Crippen LogP contribution >= 0.6 is 0 Å². The summed E-state index contributed by atoms with van der Waals surface area (Å²) in [4.78, 5) is 28.0. The molecule has 0 unspecified atom stereocenters. The van der Waals surface area contributed by atoms with E-state index in [-0.39, 0.29) is 6.09 Å². The molecule has 1 aliphatic heterocycles. The maximum atomic E-state index is 12.5. The molecule has 8 nitrogen and oxygen atoms in total. The molecule has 1 fully saturated rings. The maximum Gasteiger partial charge on any atom is 0.415 e. The molecule has 0 N–H and O–H groups in total. The van der Waals surface area contributed by atoms with Crippen LogP contribution in [0.5, 0.6) is 11.6 Å². The first-order chi connectivity index (χ1) is 15.3. The molecular weight excluding hydrogens is 396 g/mol. The number of hydrogen-bond donors (Lipinski definition) is 0. The van der Waals surface area contributed by atoms with Gasteiger partial charge in [0.05, 0.1) is 12.8 Å². The van der Waals surface area contributed by atoms with Crippen molar-refractivity contribution in [1.82, 2.24) is 19.6 Å². The van der Waals surface area contributed by atoms with E-state index in [0.29, 0.717) is 43.9 Å². The number of hydrogen-bond acceptors (Lipinski definition) is 6. The summed E-state index contributed by atoms with van der Waals surface area (Å²) in [6.07, 6.45) is 9.01. The van der Waals surface area contributed by atoms with Gasteiger partial charge in [0.1, 0.15) is 18.7 Å². The lowest BCUT2D eigenvalue weighted by molar-refractivity contribution is 0.0541. The molecule has 31 heavy (non-hydrogen) atoms. The van der Waals surface area contributed by atoms with Crippen LogP contribution in [0.4, 0.5) is 4.79 Å². The van der Waals surface area contributed by atoms with Gasteiger partial charge < -0.3 is 19.2 Å². The Hall–Kier alpha value is -3.55. The van der Waals surface area contributed by atoms with Gasteiger partial charge in [0, 0.05) is 38.0 Å². The van der Waals surface area contributed by atoms with Gasteiger partial charge in [-0.15, -0.1) is 0 Å². The van der Waals surface area contributed by atoms with E-state index in [0.717, 1.165) is 24.8 Å². The highest BCUT2D eigenvalue weighted by molar-refractivity contribution is 5.70. The van der Waals surface area contributed by atoms with Gasteiger partial charge in [0.25, 0.3) is 0 Å². The van der Waals surface area contributed by atoms with Crippen molar-refractivity contribution in [3.63, 3.8) is 0 Å². The van der Waals surface area contributed by atoms with Crippen molar-refractivity contribution in [2.75, 3.05) is 26.3 Å². The van der Waals surface area contributed by atoms with Gasteiger partial charge in [-0.2, -0.15) is 4.73 Å². The monoisotopic (exact) mass is 422 g/mol. The zero-order valence-corrected chi connectivity index (χ0v) is 17.3. The van der Waals surface area contributed by atoms with Crippen molar-refractivity contribution in [1.29, 1.82) is 0 Å². The zero-order chi connectivity index (χ0) is 21.3. The summed E-state index contributed by atoms with van der Waals surface area (Å²) in [6, 6.07) is 13.1. The number of likely N-dealkylation sites (tertiary alicyclic amines) is 1. The predicted molar refractivity (Wildman–Crippen MR) is 114 cm³/mol. The number of rotatable bonds is 8. The van der Waals surface area contributed by atoms with Crippen LogP contribution in [0, 0.1) is 5.92 Å². The van der Waals surface area contributed by atoms with Crippen LogP contribution in [0.15, 0.2) is 67.4 Å². The first-order valence-electron chi connectivity index (χ1n) is 10.5. The highest BCUT2D eigenvalue weighted by Gasteiger charge is 2.24. The van der Waals surface area contributed by atoms with E-state index >= 15 is 0 Å². The molecule has 0 atom stereocenters. The molecule has 0 saturated carbocycles. The molecule has 0 spiro atoms. The molecule has 3 heterocycles. The van der Waals surface area contributed by atoms with Gasteiger partial charge >= 0.3 is 6.09 Å². The van der Waals surface area contributed by atoms with Crippen LogP contribution in [-0.4, -0.2) is 52.0 Å². The van der Waals surface area contributed by atoms with Crippen LogP contribution in [0.25, 0.3) is 0 Å². The zero-order valence-electron chi connectivity index (χ0n) is 17.3. The molecule has 3 aromatic rings. The van der Waals surface area contributed by atoms with Gasteiger partial charge in [-0.05, 0) is 42.5 Å². The lowest BCUT2D eigenvalue weighted by atomic mass is 9.98. The molecule has 162 valence electrons. The normalized spacial score (nSPS) is 14.3. The number of pyridine rings is 1. The second-order valence-corrected chi connectivity index (χ2v) is 7.43. The van der Waals surface area contributed by atoms with E-state index < -0.39 is 0 Å². The Morgan fingerprint density at radius 1 is 1.06 bits per heavy atom. The molecule has 0 radical (unpaired) electrons. The lowest BCUT2D eigenvalue weighted by Gasteiger charge is -2.30. The SMILES string of the molecule is O=C(Oc1ccc(CCOc2ccccn2)cc1)N1CCC(COn2ccnc2)CC1. The number of benzene rings is 1. The fraction of sp³-hybridized carbons (Fsp3) is 0.348. The minimum absolute atomic E-state index is 0.305. The third kappa shape index (κ3) is 6.21. The fourth-order valence-electron chi connectivity index (χ4n) is 3.39. The average Bonchev–Trinajstić information content (AvgIpc) is 3.34. The summed E-state index contributed by atoms with van der Waals surface area (Å²) < 4.78 is 12.8. The second kappa shape index (κ2) is 10.5. The standard InChI is InChI=1S/C23H26N4O4/c28-23(26-13-8-20(9-14-26)17-30-27-15-12-24-18-27)31-21-6-4-19(5-7-21)10-16-29-22-3-1-2-11-25-22/h1-7,11-12,15,18,20H,8-10,13-14,16-17H2. The molecule has 1 aliphatic rings. The summed E-state index contributed by atoms with van der Waals surface area (Å²) in [5.74, 6) is 1.58. The minimum Gasteiger partial charge on any atom is -0.477 e. The van der Waals surface area contributed by atoms with E-state index in [9.17, 15) is 4.79 Å². The molecule has 4 rings (SSSR count). The van der Waals surface area contributed by atoms with Crippen molar-refractivity contribution >= 4 is 6.09 Å². The van der Waals surface area contributed by atoms with Crippen molar-refractivity contribution < 1.29 is 19.1 Å². The number of ether oxygens (including phenoxy) is 2. The number of aromatic nitrogens is 3. The summed E-state index contributed by atoms with van der Waals surface area (Å²) in [7, 11) is 0. The topological polar surface area (TPSA) is 78.7 Å². The fourth-order valence-corrected chi connectivity index (χ4v) is 3.39. The lowest BCUT2D eigenvalue weighted by Crippen LogP contribution is -2.41. The van der Waals surface area contributed by atoms with Crippen LogP contribution in [0.3, 0.4) is 0 Å². The number of carbonyl (C=O) groups is 1. The minimum atomic E-state index is -0.305. The number of imidazole rings is 1. The molecule has 0 aliphatic carbocycles.